The average molecular weight is 315 g/mol. The summed E-state index contributed by atoms with van der Waals surface area (Å²) in [5.41, 5.74) is 0.282. The van der Waals surface area contributed by atoms with Gasteiger partial charge in [-0.05, 0) is 24.6 Å². The molecule has 1 aromatic rings. The maximum atomic E-state index is 14.0. The smallest absolute Gasteiger partial charge is 0.246 e. The number of aliphatic hydroxyl groups excluding tert-OH is 2. The van der Waals surface area contributed by atoms with E-state index < -0.39 is 20.7 Å². The van der Waals surface area contributed by atoms with E-state index in [2.05, 4.69) is 11.8 Å². The maximum Gasteiger partial charge on any atom is 0.246 e. The van der Waals surface area contributed by atoms with Gasteiger partial charge >= 0.3 is 0 Å². The summed E-state index contributed by atoms with van der Waals surface area (Å²) in [5.74, 6) is 3.96. The average Bonchev–Trinajstić information content (AvgIpc) is 2.44. The van der Waals surface area contributed by atoms with Crippen molar-refractivity contribution in [2.45, 2.75) is 18.2 Å². The Kier molecular flexibility index (Phi) is 6.78. The Morgan fingerprint density at radius 2 is 2.00 bits per heavy atom. The summed E-state index contributed by atoms with van der Waals surface area (Å²) in [6, 6.07) is 3.53. The highest BCUT2D eigenvalue weighted by Crippen LogP contribution is 2.20. The van der Waals surface area contributed by atoms with Crippen LogP contribution >= 0.6 is 0 Å². The van der Waals surface area contributed by atoms with Gasteiger partial charge in [0.05, 0.1) is 6.61 Å². The lowest BCUT2D eigenvalue weighted by Gasteiger charge is -2.20. The second kappa shape index (κ2) is 8.10. The lowest BCUT2D eigenvalue weighted by Crippen LogP contribution is -2.34. The van der Waals surface area contributed by atoms with Gasteiger partial charge in [0.1, 0.15) is 17.3 Å². The van der Waals surface area contributed by atoms with Crippen LogP contribution in [-0.2, 0) is 10.0 Å². The molecule has 0 aliphatic carbocycles. The molecule has 116 valence electrons. The third-order valence-corrected chi connectivity index (χ3v) is 4.62. The molecule has 0 saturated carbocycles. The molecule has 0 aromatic heterocycles. The van der Waals surface area contributed by atoms with Crippen LogP contribution in [0.4, 0.5) is 4.39 Å². The van der Waals surface area contributed by atoms with Gasteiger partial charge in [0.15, 0.2) is 0 Å². The molecular formula is C14H18FNO4S. The van der Waals surface area contributed by atoms with E-state index in [0.29, 0.717) is 6.42 Å². The van der Waals surface area contributed by atoms with Crippen LogP contribution < -0.4 is 0 Å². The molecule has 0 radical (unpaired) electrons. The summed E-state index contributed by atoms with van der Waals surface area (Å²) in [6.45, 7) is 1.23. The van der Waals surface area contributed by atoms with E-state index >= 15 is 0 Å². The molecule has 0 aliphatic rings. The fraction of sp³-hybridized carbons (Fsp3) is 0.429. The SMILES string of the molecule is CCCN(CCO)S(=O)(=O)c1ccc(C#CCO)cc1F. The third-order valence-electron chi connectivity index (χ3n) is 2.68. The summed E-state index contributed by atoms with van der Waals surface area (Å²) >= 11 is 0. The van der Waals surface area contributed by atoms with E-state index in [0.717, 1.165) is 16.4 Å². The molecule has 0 spiro atoms. The fourth-order valence-electron chi connectivity index (χ4n) is 1.78. The zero-order chi connectivity index (χ0) is 15.9. The van der Waals surface area contributed by atoms with Crippen molar-refractivity contribution in [2.24, 2.45) is 0 Å². The van der Waals surface area contributed by atoms with Crippen molar-refractivity contribution >= 4 is 10.0 Å². The Labute approximate surface area is 124 Å². The van der Waals surface area contributed by atoms with Crippen LogP contribution in [0.15, 0.2) is 23.1 Å². The molecule has 1 rings (SSSR count). The Hall–Kier alpha value is -1.46. The molecule has 0 fully saturated rings. The number of hydrogen-bond acceptors (Lipinski definition) is 4. The molecule has 0 amide bonds. The Morgan fingerprint density at radius 1 is 1.29 bits per heavy atom. The zero-order valence-corrected chi connectivity index (χ0v) is 12.5. The van der Waals surface area contributed by atoms with Crippen molar-refractivity contribution in [3.05, 3.63) is 29.6 Å². The first-order valence-electron chi connectivity index (χ1n) is 6.47. The summed E-state index contributed by atoms with van der Waals surface area (Å²) in [4.78, 5) is -0.445. The first-order valence-corrected chi connectivity index (χ1v) is 7.91. The predicted molar refractivity (Wildman–Crippen MR) is 76.5 cm³/mol. The molecule has 2 N–H and O–H groups in total. The molecule has 7 heteroatoms. The molecule has 0 aliphatic heterocycles. The van der Waals surface area contributed by atoms with Crippen LogP contribution in [0.3, 0.4) is 0 Å². The number of halogens is 1. The molecular weight excluding hydrogens is 297 g/mol. The second-order valence-corrected chi connectivity index (χ2v) is 6.14. The van der Waals surface area contributed by atoms with Gasteiger partial charge in [-0.3, -0.25) is 0 Å². The summed E-state index contributed by atoms with van der Waals surface area (Å²) < 4.78 is 39.8. The molecule has 0 atom stereocenters. The van der Waals surface area contributed by atoms with E-state index in [-0.39, 0.29) is 31.9 Å². The molecule has 5 nitrogen and oxygen atoms in total. The topological polar surface area (TPSA) is 77.8 Å². The second-order valence-electron chi connectivity index (χ2n) is 4.23. The van der Waals surface area contributed by atoms with Crippen molar-refractivity contribution in [1.82, 2.24) is 4.31 Å². The first-order chi connectivity index (χ1) is 9.97. The summed E-state index contributed by atoms with van der Waals surface area (Å²) in [7, 11) is -3.99. The van der Waals surface area contributed by atoms with Crippen LogP contribution in [-0.4, -0.2) is 49.2 Å². The monoisotopic (exact) mass is 315 g/mol. The number of sulfonamides is 1. The minimum absolute atomic E-state index is 0.0817. The van der Waals surface area contributed by atoms with Gasteiger partial charge in [0, 0.05) is 18.7 Å². The molecule has 0 heterocycles. The quantitative estimate of drug-likeness (QED) is 0.752. The van der Waals surface area contributed by atoms with E-state index in [1.807, 2.05) is 0 Å². The van der Waals surface area contributed by atoms with Crippen LogP contribution in [0.2, 0.25) is 0 Å². The van der Waals surface area contributed by atoms with Crippen molar-refractivity contribution in [3.8, 4) is 11.8 Å². The van der Waals surface area contributed by atoms with Crippen molar-refractivity contribution in [1.29, 1.82) is 0 Å². The van der Waals surface area contributed by atoms with Crippen molar-refractivity contribution in [2.75, 3.05) is 26.3 Å². The van der Waals surface area contributed by atoms with Gasteiger partial charge in [-0.15, -0.1) is 0 Å². The standard InChI is InChI=1S/C14H18FNO4S/c1-2-7-16(8-10-18)21(19,20)14-6-5-12(4-3-9-17)11-13(14)15/h5-6,11,17-18H,2,7-10H2,1H3. The predicted octanol–water partition coefficient (Wildman–Crippen LogP) is 0.562. The highest BCUT2D eigenvalue weighted by atomic mass is 32.2. The molecule has 0 saturated heterocycles. The van der Waals surface area contributed by atoms with E-state index in [1.165, 1.54) is 6.07 Å². The highest BCUT2D eigenvalue weighted by molar-refractivity contribution is 7.89. The van der Waals surface area contributed by atoms with E-state index in [4.69, 9.17) is 10.2 Å². The Morgan fingerprint density at radius 3 is 2.52 bits per heavy atom. The van der Waals surface area contributed by atoms with Gasteiger partial charge < -0.3 is 10.2 Å². The number of benzene rings is 1. The first kappa shape index (κ1) is 17.6. The molecule has 1 aromatic carbocycles. The van der Waals surface area contributed by atoms with Crippen LogP contribution in [0.5, 0.6) is 0 Å². The maximum absolute atomic E-state index is 14.0. The minimum atomic E-state index is -3.99. The van der Waals surface area contributed by atoms with Crippen LogP contribution in [0.1, 0.15) is 18.9 Å². The lowest BCUT2D eigenvalue weighted by atomic mass is 10.2. The van der Waals surface area contributed by atoms with E-state index in [1.54, 1.807) is 6.92 Å². The lowest BCUT2D eigenvalue weighted by molar-refractivity contribution is 0.253. The fourth-order valence-corrected chi connectivity index (χ4v) is 3.35. The molecule has 0 bridgehead atoms. The molecule has 21 heavy (non-hydrogen) atoms. The van der Waals surface area contributed by atoms with Crippen molar-refractivity contribution < 1.29 is 23.0 Å². The number of nitrogens with zero attached hydrogens (tertiary/aromatic N) is 1. The third kappa shape index (κ3) is 4.51. The van der Waals surface area contributed by atoms with Gasteiger partial charge in [0.2, 0.25) is 10.0 Å². The Balaban J connectivity index is 3.18. The summed E-state index contributed by atoms with van der Waals surface area (Å²) in [6.07, 6.45) is 0.556. The largest absolute Gasteiger partial charge is 0.395 e. The minimum Gasteiger partial charge on any atom is -0.395 e. The number of hydrogen-bond donors (Lipinski definition) is 2. The summed E-state index contributed by atoms with van der Waals surface area (Å²) in [5, 5.41) is 17.5. The van der Waals surface area contributed by atoms with Crippen molar-refractivity contribution in [3.63, 3.8) is 0 Å². The highest BCUT2D eigenvalue weighted by Gasteiger charge is 2.26. The molecule has 0 unspecified atom stereocenters. The van der Waals surface area contributed by atoms with Gasteiger partial charge in [-0.25, -0.2) is 12.8 Å². The number of aliphatic hydroxyl groups is 2. The normalized spacial score (nSPS) is 11.3. The van der Waals surface area contributed by atoms with Gasteiger partial charge in [0.25, 0.3) is 0 Å². The zero-order valence-electron chi connectivity index (χ0n) is 11.7. The van der Waals surface area contributed by atoms with Gasteiger partial charge in [-0.2, -0.15) is 4.31 Å². The van der Waals surface area contributed by atoms with Gasteiger partial charge in [-0.1, -0.05) is 18.8 Å². The van der Waals surface area contributed by atoms with E-state index in [9.17, 15) is 12.8 Å². The Bertz CT molecular complexity index is 628. The van der Waals surface area contributed by atoms with Crippen LogP contribution in [0, 0.1) is 17.7 Å². The van der Waals surface area contributed by atoms with Crippen LogP contribution in [0.25, 0.3) is 0 Å². The number of rotatable bonds is 6.